The Bertz CT molecular complexity index is 739. The highest BCUT2D eigenvalue weighted by molar-refractivity contribution is 9.10. The molecule has 0 saturated heterocycles. The fourth-order valence-electron chi connectivity index (χ4n) is 1.35. The van der Waals surface area contributed by atoms with E-state index in [4.69, 9.17) is 22.1 Å². The number of nitriles is 2. The number of H-pyrrole nitrogens is 1. The molecule has 0 fully saturated rings. The average molecular weight is 351 g/mol. The van der Waals surface area contributed by atoms with Crippen LogP contribution in [-0.2, 0) is 0 Å². The van der Waals surface area contributed by atoms with Crippen LogP contribution in [0.3, 0.4) is 0 Å². The summed E-state index contributed by atoms with van der Waals surface area (Å²) in [6.45, 7) is 0. The number of aromatic nitrogens is 4. The van der Waals surface area contributed by atoms with E-state index in [0.717, 1.165) is 0 Å². The van der Waals surface area contributed by atoms with Gasteiger partial charge in [0.15, 0.2) is 0 Å². The molecule has 1 heterocycles. The first kappa shape index (κ1) is 14.0. The zero-order valence-electron chi connectivity index (χ0n) is 9.72. The van der Waals surface area contributed by atoms with Crippen LogP contribution in [0.5, 0.6) is 0 Å². The minimum absolute atomic E-state index is 0.154. The van der Waals surface area contributed by atoms with Gasteiger partial charge >= 0.3 is 0 Å². The number of tetrazole rings is 1. The Balaban J connectivity index is 2.34. The van der Waals surface area contributed by atoms with Crippen LogP contribution in [0.1, 0.15) is 11.4 Å². The molecule has 0 atom stereocenters. The van der Waals surface area contributed by atoms with Gasteiger partial charge in [-0.25, -0.2) is 0 Å². The first-order valence-electron chi connectivity index (χ1n) is 5.16. The van der Waals surface area contributed by atoms with Crippen molar-refractivity contribution in [1.82, 2.24) is 20.6 Å². The summed E-state index contributed by atoms with van der Waals surface area (Å²) in [4.78, 5) is 0. The van der Waals surface area contributed by atoms with Crippen molar-refractivity contribution in [3.63, 3.8) is 0 Å². The summed E-state index contributed by atoms with van der Waals surface area (Å²) in [6, 6.07) is 7.28. The third-order valence-corrected chi connectivity index (χ3v) is 3.57. The van der Waals surface area contributed by atoms with Crippen molar-refractivity contribution in [3.05, 3.63) is 39.2 Å². The Hall–Kier alpha value is -2.42. The highest BCUT2D eigenvalue weighted by Gasteiger charge is 2.10. The van der Waals surface area contributed by atoms with Gasteiger partial charge in [0.1, 0.15) is 17.7 Å². The Kier molecular flexibility index (Phi) is 4.31. The second kappa shape index (κ2) is 6.15. The summed E-state index contributed by atoms with van der Waals surface area (Å²) >= 11 is 9.25. The van der Waals surface area contributed by atoms with Crippen LogP contribution in [0.2, 0.25) is 5.02 Å². The SMILES string of the molecule is N#CC(=CNc1ccc(Br)c(Cl)c1C#N)c1nn[nH]n1. The van der Waals surface area contributed by atoms with Crippen LogP contribution < -0.4 is 5.32 Å². The van der Waals surface area contributed by atoms with Crippen molar-refractivity contribution in [2.75, 3.05) is 5.32 Å². The van der Waals surface area contributed by atoms with E-state index in [1.807, 2.05) is 12.1 Å². The zero-order chi connectivity index (χ0) is 14.5. The molecule has 0 spiro atoms. The molecule has 0 bridgehead atoms. The molecule has 98 valence electrons. The van der Waals surface area contributed by atoms with Gasteiger partial charge in [-0.05, 0) is 33.3 Å². The van der Waals surface area contributed by atoms with Crippen LogP contribution in [0.15, 0.2) is 22.8 Å². The first-order chi connectivity index (χ1) is 9.67. The van der Waals surface area contributed by atoms with Gasteiger partial charge in [0.25, 0.3) is 0 Å². The highest BCUT2D eigenvalue weighted by Crippen LogP contribution is 2.31. The van der Waals surface area contributed by atoms with Crippen LogP contribution in [-0.4, -0.2) is 20.6 Å². The topological polar surface area (TPSA) is 114 Å². The van der Waals surface area contributed by atoms with Gasteiger partial charge in [-0.15, -0.1) is 10.2 Å². The lowest BCUT2D eigenvalue weighted by Gasteiger charge is -2.06. The monoisotopic (exact) mass is 349 g/mol. The number of nitrogens with zero attached hydrogens (tertiary/aromatic N) is 5. The number of anilines is 1. The molecular formula is C11H5BrClN7. The summed E-state index contributed by atoms with van der Waals surface area (Å²) in [7, 11) is 0. The van der Waals surface area contributed by atoms with Gasteiger partial charge < -0.3 is 5.32 Å². The molecule has 9 heteroatoms. The summed E-state index contributed by atoms with van der Waals surface area (Å²) in [5.41, 5.74) is 0.904. The number of nitrogens with one attached hydrogen (secondary N) is 2. The van der Waals surface area contributed by atoms with Gasteiger partial charge in [0.05, 0.1) is 16.3 Å². The molecule has 1 aromatic carbocycles. The van der Waals surface area contributed by atoms with Crippen molar-refractivity contribution in [2.24, 2.45) is 0 Å². The number of halogens is 2. The number of aromatic amines is 1. The van der Waals surface area contributed by atoms with Gasteiger partial charge in [-0.2, -0.15) is 15.7 Å². The Morgan fingerprint density at radius 3 is 2.85 bits per heavy atom. The predicted octanol–water partition coefficient (Wildman–Crippen LogP) is 2.46. The van der Waals surface area contributed by atoms with E-state index in [1.165, 1.54) is 6.20 Å². The maximum atomic E-state index is 9.11. The van der Waals surface area contributed by atoms with Gasteiger partial charge in [-0.1, -0.05) is 11.6 Å². The molecule has 1 aromatic heterocycles. The molecule has 2 aromatic rings. The predicted molar refractivity (Wildman–Crippen MR) is 75.3 cm³/mol. The summed E-state index contributed by atoms with van der Waals surface area (Å²) in [5.74, 6) is 0.154. The summed E-state index contributed by atoms with van der Waals surface area (Å²) in [5, 5.41) is 34.3. The number of benzene rings is 1. The zero-order valence-corrected chi connectivity index (χ0v) is 12.1. The Morgan fingerprint density at radius 2 is 2.25 bits per heavy atom. The largest absolute Gasteiger partial charge is 0.359 e. The summed E-state index contributed by atoms with van der Waals surface area (Å²) < 4.78 is 0.615. The van der Waals surface area contributed by atoms with E-state index in [1.54, 1.807) is 12.1 Å². The van der Waals surface area contributed by atoms with Crippen molar-refractivity contribution in [2.45, 2.75) is 0 Å². The number of hydrogen-bond acceptors (Lipinski definition) is 6. The normalized spacial score (nSPS) is 10.7. The van der Waals surface area contributed by atoms with E-state index >= 15 is 0 Å². The third kappa shape index (κ3) is 2.77. The van der Waals surface area contributed by atoms with Crippen molar-refractivity contribution in [1.29, 1.82) is 10.5 Å². The van der Waals surface area contributed by atoms with E-state index in [2.05, 4.69) is 41.9 Å². The second-order valence-corrected chi connectivity index (χ2v) is 4.68. The lowest BCUT2D eigenvalue weighted by atomic mass is 10.2. The maximum absolute atomic E-state index is 9.11. The number of hydrogen-bond donors (Lipinski definition) is 2. The Labute approximate surface area is 127 Å². The maximum Gasteiger partial charge on any atom is 0.216 e. The van der Waals surface area contributed by atoms with Gasteiger partial charge in [0.2, 0.25) is 5.82 Å². The van der Waals surface area contributed by atoms with Crippen LogP contribution >= 0.6 is 27.5 Å². The fraction of sp³-hybridized carbons (Fsp3) is 0. The molecule has 7 nitrogen and oxygen atoms in total. The average Bonchev–Trinajstić information content (AvgIpc) is 2.97. The molecule has 0 amide bonds. The van der Waals surface area contributed by atoms with Crippen molar-refractivity contribution >= 4 is 38.8 Å². The highest BCUT2D eigenvalue weighted by atomic mass is 79.9. The molecule has 0 aliphatic rings. The smallest absolute Gasteiger partial charge is 0.216 e. The van der Waals surface area contributed by atoms with Crippen LogP contribution in [0, 0.1) is 22.7 Å². The minimum Gasteiger partial charge on any atom is -0.359 e. The van der Waals surface area contributed by atoms with Crippen molar-refractivity contribution in [3.8, 4) is 12.1 Å². The van der Waals surface area contributed by atoms with Gasteiger partial charge in [0, 0.05) is 10.7 Å². The standard InChI is InChI=1S/C11H5BrClN7/c12-8-1-2-9(7(4-15)10(8)13)16-5-6(3-14)11-17-19-20-18-11/h1-2,5,16H,(H,17,18,19,20). The minimum atomic E-state index is 0.154. The van der Waals surface area contributed by atoms with Crippen LogP contribution in [0.25, 0.3) is 5.57 Å². The van der Waals surface area contributed by atoms with E-state index in [-0.39, 0.29) is 17.0 Å². The van der Waals surface area contributed by atoms with Crippen LogP contribution in [0.4, 0.5) is 5.69 Å². The molecule has 20 heavy (non-hydrogen) atoms. The van der Waals surface area contributed by atoms with Gasteiger partial charge in [-0.3, -0.25) is 0 Å². The summed E-state index contributed by atoms with van der Waals surface area (Å²) in [6.07, 6.45) is 1.38. The van der Waals surface area contributed by atoms with E-state index < -0.39 is 0 Å². The molecule has 0 radical (unpaired) electrons. The lowest BCUT2D eigenvalue weighted by molar-refractivity contribution is 0.881. The quantitative estimate of drug-likeness (QED) is 0.822. The van der Waals surface area contributed by atoms with Crippen molar-refractivity contribution < 1.29 is 0 Å². The fourth-order valence-corrected chi connectivity index (χ4v) is 1.89. The molecule has 0 aliphatic carbocycles. The lowest BCUT2D eigenvalue weighted by Crippen LogP contribution is -1.96. The Morgan fingerprint density at radius 1 is 1.45 bits per heavy atom. The molecular weight excluding hydrogens is 346 g/mol. The first-order valence-corrected chi connectivity index (χ1v) is 6.33. The molecule has 0 aliphatic heterocycles. The third-order valence-electron chi connectivity index (χ3n) is 2.29. The van der Waals surface area contributed by atoms with E-state index in [0.29, 0.717) is 15.2 Å². The second-order valence-electron chi connectivity index (χ2n) is 3.45. The number of rotatable bonds is 3. The number of allylic oxidation sites excluding steroid dienone is 1. The van der Waals surface area contributed by atoms with E-state index in [9.17, 15) is 0 Å². The molecule has 0 saturated carbocycles. The molecule has 0 unspecified atom stereocenters. The molecule has 2 rings (SSSR count). The molecule has 2 N–H and O–H groups in total.